The van der Waals surface area contributed by atoms with Crippen LogP contribution in [0.25, 0.3) is 0 Å². The van der Waals surface area contributed by atoms with Crippen molar-refractivity contribution in [1.29, 1.82) is 0 Å². The first-order chi connectivity index (χ1) is 12.1. The van der Waals surface area contributed by atoms with Gasteiger partial charge in [0.25, 0.3) is 0 Å². The lowest BCUT2D eigenvalue weighted by Gasteiger charge is -2.20. The Hall–Kier alpha value is -2.57. The maximum Gasteiger partial charge on any atom is 0.245 e. The number of benzene rings is 2. The third-order valence-electron chi connectivity index (χ3n) is 4.25. The standard InChI is InChI=1S/C19H21N3O3.ClH/c1-25-16-12-14(9-10-15(16)22-11-5-8-17(22)23)21-19(24)18(20)13-6-3-2-4-7-13;/h2-4,6-7,9-10,12,18H,5,8,11,20H2,1H3,(H,21,24);1H. The van der Waals surface area contributed by atoms with E-state index in [1.54, 1.807) is 30.2 Å². The normalized spacial score (nSPS) is 14.5. The molecule has 2 aromatic carbocycles. The minimum atomic E-state index is -0.757. The van der Waals surface area contributed by atoms with Gasteiger partial charge in [0.15, 0.2) is 0 Å². The van der Waals surface area contributed by atoms with Crippen LogP contribution in [0.1, 0.15) is 24.4 Å². The minimum absolute atomic E-state index is 0. The number of nitrogens with zero attached hydrogens (tertiary/aromatic N) is 1. The van der Waals surface area contributed by atoms with Crippen LogP contribution >= 0.6 is 12.4 Å². The van der Waals surface area contributed by atoms with Crippen molar-refractivity contribution in [1.82, 2.24) is 0 Å². The van der Waals surface area contributed by atoms with Gasteiger partial charge in [-0.1, -0.05) is 30.3 Å². The van der Waals surface area contributed by atoms with E-state index in [1.807, 2.05) is 30.3 Å². The van der Waals surface area contributed by atoms with Crippen LogP contribution in [0, 0.1) is 0 Å². The molecule has 0 saturated carbocycles. The van der Waals surface area contributed by atoms with Crippen LogP contribution in [-0.4, -0.2) is 25.5 Å². The molecule has 0 radical (unpaired) electrons. The molecular weight excluding hydrogens is 354 g/mol. The van der Waals surface area contributed by atoms with Gasteiger partial charge in [0.1, 0.15) is 11.8 Å². The maximum atomic E-state index is 12.4. The number of amides is 2. The van der Waals surface area contributed by atoms with E-state index in [9.17, 15) is 9.59 Å². The van der Waals surface area contributed by atoms with Crippen LogP contribution in [0.5, 0.6) is 5.75 Å². The lowest BCUT2D eigenvalue weighted by Crippen LogP contribution is -2.28. The fraction of sp³-hybridized carbons (Fsp3) is 0.263. The topological polar surface area (TPSA) is 84.7 Å². The number of ether oxygens (including phenoxy) is 1. The van der Waals surface area contributed by atoms with E-state index in [-0.39, 0.29) is 24.2 Å². The first-order valence-electron chi connectivity index (χ1n) is 8.20. The van der Waals surface area contributed by atoms with Gasteiger partial charge in [-0.15, -0.1) is 12.4 Å². The SMILES string of the molecule is COc1cc(NC(=O)C(N)c2ccccc2)ccc1N1CCCC1=O.Cl. The molecule has 138 valence electrons. The Morgan fingerprint density at radius 3 is 2.58 bits per heavy atom. The Morgan fingerprint density at radius 2 is 1.96 bits per heavy atom. The number of nitrogens with one attached hydrogen (secondary N) is 1. The zero-order valence-corrected chi connectivity index (χ0v) is 15.3. The highest BCUT2D eigenvalue weighted by atomic mass is 35.5. The Balaban J connectivity index is 0.00000243. The van der Waals surface area contributed by atoms with E-state index in [0.29, 0.717) is 24.4 Å². The van der Waals surface area contributed by atoms with Gasteiger partial charge in [-0.25, -0.2) is 0 Å². The highest BCUT2D eigenvalue weighted by Gasteiger charge is 2.25. The van der Waals surface area contributed by atoms with E-state index >= 15 is 0 Å². The highest BCUT2D eigenvalue weighted by molar-refractivity contribution is 5.98. The molecule has 1 aliphatic heterocycles. The van der Waals surface area contributed by atoms with Crippen molar-refractivity contribution in [3.8, 4) is 5.75 Å². The molecule has 7 heteroatoms. The van der Waals surface area contributed by atoms with Crippen molar-refractivity contribution in [2.75, 3.05) is 23.9 Å². The summed E-state index contributed by atoms with van der Waals surface area (Å²) in [4.78, 5) is 26.0. The van der Waals surface area contributed by atoms with Crippen molar-refractivity contribution in [3.05, 3.63) is 54.1 Å². The number of anilines is 2. The van der Waals surface area contributed by atoms with Crippen LogP contribution in [-0.2, 0) is 9.59 Å². The molecule has 2 aromatic rings. The molecule has 0 bridgehead atoms. The zero-order chi connectivity index (χ0) is 17.8. The number of hydrogen-bond donors (Lipinski definition) is 2. The predicted octanol–water partition coefficient (Wildman–Crippen LogP) is 2.88. The summed E-state index contributed by atoms with van der Waals surface area (Å²) in [6.07, 6.45) is 1.39. The maximum absolute atomic E-state index is 12.4. The first-order valence-corrected chi connectivity index (χ1v) is 8.20. The quantitative estimate of drug-likeness (QED) is 0.841. The van der Waals surface area contributed by atoms with Crippen LogP contribution in [0.15, 0.2) is 48.5 Å². The number of rotatable bonds is 5. The summed E-state index contributed by atoms with van der Waals surface area (Å²) in [5.41, 5.74) is 8.04. The molecule has 26 heavy (non-hydrogen) atoms. The van der Waals surface area contributed by atoms with Gasteiger partial charge >= 0.3 is 0 Å². The average Bonchev–Trinajstić information content (AvgIpc) is 3.07. The van der Waals surface area contributed by atoms with Crippen LogP contribution in [0.2, 0.25) is 0 Å². The van der Waals surface area contributed by atoms with Crippen molar-refractivity contribution in [2.45, 2.75) is 18.9 Å². The monoisotopic (exact) mass is 375 g/mol. The smallest absolute Gasteiger partial charge is 0.245 e. The Morgan fingerprint density at radius 1 is 1.23 bits per heavy atom. The molecular formula is C19H22ClN3O3. The summed E-state index contributed by atoms with van der Waals surface area (Å²) in [6.45, 7) is 0.680. The van der Waals surface area contributed by atoms with E-state index in [0.717, 1.165) is 17.7 Å². The third kappa shape index (κ3) is 4.15. The summed E-state index contributed by atoms with van der Waals surface area (Å²) in [7, 11) is 1.54. The number of methoxy groups -OCH3 is 1. The largest absolute Gasteiger partial charge is 0.494 e. The zero-order valence-electron chi connectivity index (χ0n) is 14.5. The fourth-order valence-corrected chi connectivity index (χ4v) is 2.91. The van der Waals surface area contributed by atoms with Crippen molar-refractivity contribution in [3.63, 3.8) is 0 Å². The summed E-state index contributed by atoms with van der Waals surface area (Å²) >= 11 is 0. The van der Waals surface area contributed by atoms with E-state index in [2.05, 4.69) is 5.32 Å². The molecule has 1 aliphatic rings. The van der Waals surface area contributed by atoms with Crippen molar-refractivity contribution >= 4 is 35.6 Å². The number of carbonyl (C=O) groups excluding carboxylic acids is 2. The number of hydrogen-bond acceptors (Lipinski definition) is 4. The predicted molar refractivity (Wildman–Crippen MR) is 104 cm³/mol. The third-order valence-corrected chi connectivity index (χ3v) is 4.25. The lowest BCUT2D eigenvalue weighted by atomic mass is 10.1. The van der Waals surface area contributed by atoms with Gasteiger partial charge in [0.05, 0.1) is 12.8 Å². The summed E-state index contributed by atoms with van der Waals surface area (Å²) in [5, 5.41) is 2.80. The Kier molecular flexibility index (Phi) is 6.60. The molecule has 3 rings (SSSR count). The fourth-order valence-electron chi connectivity index (χ4n) is 2.91. The van der Waals surface area contributed by atoms with Gasteiger partial charge in [0.2, 0.25) is 11.8 Å². The number of carbonyl (C=O) groups is 2. The number of nitrogens with two attached hydrogens (primary N) is 1. The second kappa shape index (κ2) is 8.69. The highest BCUT2D eigenvalue weighted by Crippen LogP contribution is 2.34. The molecule has 1 heterocycles. The van der Waals surface area contributed by atoms with Crippen molar-refractivity contribution in [2.24, 2.45) is 5.73 Å². The van der Waals surface area contributed by atoms with Gasteiger partial charge in [-0.2, -0.15) is 0 Å². The summed E-state index contributed by atoms with van der Waals surface area (Å²) in [5.74, 6) is 0.320. The van der Waals surface area contributed by atoms with Crippen molar-refractivity contribution < 1.29 is 14.3 Å². The second-order valence-electron chi connectivity index (χ2n) is 5.91. The molecule has 3 N–H and O–H groups in total. The van der Waals surface area contributed by atoms with Crippen LogP contribution < -0.4 is 20.7 Å². The molecule has 6 nitrogen and oxygen atoms in total. The van der Waals surface area contributed by atoms with Gasteiger partial charge in [-0.3, -0.25) is 9.59 Å². The minimum Gasteiger partial charge on any atom is -0.494 e. The molecule has 1 fully saturated rings. The molecule has 1 unspecified atom stereocenters. The lowest BCUT2D eigenvalue weighted by molar-refractivity contribution is -0.118. The molecule has 0 aliphatic carbocycles. The van der Waals surface area contributed by atoms with Crippen LogP contribution in [0.4, 0.5) is 11.4 Å². The summed E-state index contributed by atoms with van der Waals surface area (Å²) in [6, 6.07) is 13.7. The molecule has 0 spiro atoms. The Bertz CT molecular complexity index is 783. The molecule has 0 aromatic heterocycles. The second-order valence-corrected chi connectivity index (χ2v) is 5.91. The molecule has 1 saturated heterocycles. The van der Waals surface area contributed by atoms with E-state index in [1.165, 1.54) is 0 Å². The average molecular weight is 376 g/mol. The van der Waals surface area contributed by atoms with Crippen LogP contribution in [0.3, 0.4) is 0 Å². The molecule has 1 atom stereocenters. The number of halogens is 1. The van der Waals surface area contributed by atoms with Gasteiger partial charge in [0, 0.05) is 24.7 Å². The first kappa shape index (κ1) is 19.8. The van der Waals surface area contributed by atoms with E-state index in [4.69, 9.17) is 10.5 Å². The van der Waals surface area contributed by atoms with Gasteiger partial charge < -0.3 is 20.7 Å². The Labute approximate surface area is 158 Å². The van der Waals surface area contributed by atoms with Gasteiger partial charge in [-0.05, 0) is 24.1 Å². The molecule has 2 amide bonds. The van der Waals surface area contributed by atoms with E-state index < -0.39 is 6.04 Å². The summed E-state index contributed by atoms with van der Waals surface area (Å²) < 4.78 is 5.40.